The van der Waals surface area contributed by atoms with Crippen LogP contribution in [-0.4, -0.2) is 50.9 Å². The average molecular weight is 284 g/mol. The van der Waals surface area contributed by atoms with Gasteiger partial charge in [0.1, 0.15) is 0 Å². The van der Waals surface area contributed by atoms with Crippen LogP contribution in [0.4, 0.5) is 0 Å². The van der Waals surface area contributed by atoms with E-state index in [1.807, 2.05) is 0 Å². The van der Waals surface area contributed by atoms with Crippen LogP contribution in [0.3, 0.4) is 0 Å². The minimum atomic E-state index is -1.27. The Bertz CT molecular complexity index is 432. The molecule has 1 unspecified atom stereocenters. The fourth-order valence-electron chi connectivity index (χ4n) is 2.54. The summed E-state index contributed by atoms with van der Waals surface area (Å²) in [6, 6.07) is 0. The summed E-state index contributed by atoms with van der Waals surface area (Å²) in [6.45, 7) is 0.647. The number of ether oxygens (including phenoxy) is 4. The lowest BCUT2D eigenvalue weighted by Gasteiger charge is -2.37. The number of methoxy groups -OCH3 is 2. The maximum Gasteiger partial charge on any atom is 0.320 e. The van der Waals surface area contributed by atoms with Gasteiger partial charge in [0.2, 0.25) is 0 Å². The van der Waals surface area contributed by atoms with Gasteiger partial charge in [-0.3, -0.25) is 14.4 Å². The van der Waals surface area contributed by atoms with Crippen molar-refractivity contribution in [2.24, 2.45) is 11.8 Å². The Hall–Kier alpha value is -1.73. The number of ketones is 1. The SMILES string of the molecule is COC(=O)C(C(=O)OC)C1CC(=O)C=CC12OCCO2. The van der Waals surface area contributed by atoms with E-state index in [4.69, 9.17) is 9.47 Å². The van der Waals surface area contributed by atoms with Gasteiger partial charge in [-0.25, -0.2) is 0 Å². The molecule has 7 nitrogen and oxygen atoms in total. The van der Waals surface area contributed by atoms with Crippen LogP contribution in [0.2, 0.25) is 0 Å². The summed E-state index contributed by atoms with van der Waals surface area (Å²) in [5.41, 5.74) is 0. The average Bonchev–Trinajstić information content (AvgIpc) is 2.92. The molecule has 0 aromatic carbocycles. The highest BCUT2D eigenvalue weighted by atomic mass is 16.7. The zero-order valence-corrected chi connectivity index (χ0v) is 11.3. The predicted octanol–water partition coefficient (Wildman–Crippen LogP) is -0.163. The van der Waals surface area contributed by atoms with Crippen LogP contribution < -0.4 is 0 Å². The van der Waals surface area contributed by atoms with Crippen LogP contribution in [0.1, 0.15) is 6.42 Å². The van der Waals surface area contributed by atoms with Gasteiger partial charge in [-0.05, 0) is 12.2 Å². The first-order chi connectivity index (χ1) is 9.54. The fourth-order valence-corrected chi connectivity index (χ4v) is 2.54. The number of hydrogen-bond acceptors (Lipinski definition) is 7. The van der Waals surface area contributed by atoms with Gasteiger partial charge >= 0.3 is 11.9 Å². The van der Waals surface area contributed by atoms with E-state index in [2.05, 4.69) is 9.47 Å². The van der Waals surface area contributed by atoms with E-state index in [0.717, 1.165) is 0 Å². The summed E-state index contributed by atoms with van der Waals surface area (Å²) >= 11 is 0. The monoisotopic (exact) mass is 284 g/mol. The van der Waals surface area contributed by atoms with E-state index in [9.17, 15) is 14.4 Å². The summed E-state index contributed by atoms with van der Waals surface area (Å²) in [6.07, 6.45) is 2.74. The van der Waals surface area contributed by atoms with E-state index < -0.39 is 29.6 Å². The Morgan fingerprint density at radius 1 is 1.25 bits per heavy atom. The van der Waals surface area contributed by atoms with Crippen LogP contribution in [0.25, 0.3) is 0 Å². The molecule has 0 radical (unpaired) electrons. The normalized spacial score (nSPS) is 24.1. The zero-order chi connectivity index (χ0) is 14.8. The Morgan fingerprint density at radius 2 is 1.80 bits per heavy atom. The molecular weight excluding hydrogens is 268 g/mol. The second kappa shape index (κ2) is 5.72. The van der Waals surface area contributed by atoms with Crippen molar-refractivity contribution in [3.63, 3.8) is 0 Å². The molecule has 2 aliphatic rings. The maximum atomic E-state index is 11.9. The van der Waals surface area contributed by atoms with E-state index in [-0.39, 0.29) is 12.2 Å². The van der Waals surface area contributed by atoms with Crippen molar-refractivity contribution < 1.29 is 33.3 Å². The highest BCUT2D eigenvalue weighted by molar-refractivity contribution is 5.98. The second-order valence-corrected chi connectivity index (χ2v) is 4.55. The van der Waals surface area contributed by atoms with Crippen LogP contribution >= 0.6 is 0 Å². The van der Waals surface area contributed by atoms with E-state index in [0.29, 0.717) is 13.2 Å². The molecule has 1 aliphatic carbocycles. The van der Waals surface area contributed by atoms with Crippen LogP contribution in [0.15, 0.2) is 12.2 Å². The van der Waals surface area contributed by atoms with Crippen LogP contribution in [0, 0.1) is 11.8 Å². The Labute approximate surface area is 115 Å². The van der Waals surface area contributed by atoms with Gasteiger partial charge in [-0.1, -0.05) is 0 Å². The van der Waals surface area contributed by atoms with Crippen molar-refractivity contribution in [3.8, 4) is 0 Å². The van der Waals surface area contributed by atoms with Gasteiger partial charge < -0.3 is 18.9 Å². The third-order valence-corrected chi connectivity index (χ3v) is 3.49. The first-order valence-corrected chi connectivity index (χ1v) is 6.19. The van der Waals surface area contributed by atoms with Gasteiger partial charge in [0.05, 0.1) is 27.4 Å². The molecule has 0 aromatic rings. The zero-order valence-electron chi connectivity index (χ0n) is 11.3. The van der Waals surface area contributed by atoms with E-state index >= 15 is 0 Å². The summed E-state index contributed by atoms with van der Waals surface area (Å²) in [5, 5.41) is 0. The number of carbonyl (C=O) groups excluding carboxylic acids is 3. The molecular formula is C13H16O7. The standard InChI is InChI=1S/C13H16O7/c1-17-11(15)10(12(16)18-2)9-7-8(14)3-4-13(9)19-5-6-20-13/h3-4,9-10H,5-7H2,1-2H3. The topological polar surface area (TPSA) is 88.1 Å². The van der Waals surface area contributed by atoms with Crippen molar-refractivity contribution in [1.29, 1.82) is 0 Å². The van der Waals surface area contributed by atoms with Crippen molar-refractivity contribution in [2.45, 2.75) is 12.2 Å². The molecule has 0 N–H and O–H groups in total. The number of hydrogen-bond donors (Lipinski definition) is 0. The molecule has 0 aromatic heterocycles. The Morgan fingerprint density at radius 3 is 2.30 bits per heavy atom. The lowest BCUT2D eigenvalue weighted by molar-refractivity contribution is -0.195. The molecule has 1 fully saturated rings. The van der Waals surface area contributed by atoms with Crippen molar-refractivity contribution in [2.75, 3.05) is 27.4 Å². The second-order valence-electron chi connectivity index (χ2n) is 4.55. The first kappa shape index (κ1) is 14.7. The van der Waals surface area contributed by atoms with Gasteiger partial charge in [-0.2, -0.15) is 0 Å². The Balaban J connectivity index is 2.38. The first-order valence-electron chi connectivity index (χ1n) is 6.19. The lowest BCUT2D eigenvalue weighted by Crippen LogP contribution is -2.50. The van der Waals surface area contributed by atoms with Crippen molar-refractivity contribution in [1.82, 2.24) is 0 Å². The molecule has 1 spiro atoms. The highest BCUT2D eigenvalue weighted by Crippen LogP contribution is 2.40. The molecule has 1 heterocycles. The molecule has 20 heavy (non-hydrogen) atoms. The molecule has 110 valence electrons. The smallest absolute Gasteiger partial charge is 0.320 e. The van der Waals surface area contributed by atoms with Crippen LogP contribution in [0.5, 0.6) is 0 Å². The lowest BCUT2D eigenvalue weighted by atomic mass is 9.78. The number of rotatable bonds is 3. The number of allylic oxidation sites excluding steroid dienone is 1. The summed E-state index contributed by atoms with van der Waals surface area (Å²) in [5.74, 6) is -5.08. The third kappa shape index (κ3) is 2.46. The molecule has 0 saturated carbocycles. The maximum absolute atomic E-state index is 11.9. The minimum absolute atomic E-state index is 0.0502. The third-order valence-electron chi connectivity index (χ3n) is 3.49. The molecule has 1 aliphatic heterocycles. The largest absolute Gasteiger partial charge is 0.468 e. The molecule has 0 amide bonds. The van der Waals surface area contributed by atoms with Gasteiger partial charge in [-0.15, -0.1) is 0 Å². The number of carbonyl (C=O) groups is 3. The van der Waals surface area contributed by atoms with Gasteiger partial charge in [0.25, 0.3) is 0 Å². The molecule has 2 rings (SSSR count). The van der Waals surface area contributed by atoms with Gasteiger partial charge in [0.15, 0.2) is 17.5 Å². The summed E-state index contributed by atoms with van der Waals surface area (Å²) in [4.78, 5) is 35.4. The Kier molecular flexibility index (Phi) is 4.20. The summed E-state index contributed by atoms with van der Waals surface area (Å²) < 4.78 is 20.4. The molecule has 0 bridgehead atoms. The highest BCUT2D eigenvalue weighted by Gasteiger charge is 2.54. The quantitative estimate of drug-likeness (QED) is 0.525. The molecule has 1 atom stereocenters. The molecule has 7 heteroatoms. The minimum Gasteiger partial charge on any atom is -0.468 e. The number of esters is 2. The summed E-state index contributed by atoms with van der Waals surface area (Å²) in [7, 11) is 2.34. The fraction of sp³-hybridized carbons (Fsp3) is 0.615. The predicted molar refractivity (Wildman–Crippen MR) is 64.4 cm³/mol. The van der Waals surface area contributed by atoms with E-state index in [1.54, 1.807) is 0 Å². The molecule has 1 saturated heterocycles. The van der Waals surface area contributed by atoms with Crippen LogP contribution in [-0.2, 0) is 33.3 Å². The van der Waals surface area contributed by atoms with Crippen molar-refractivity contribution >= 4 is 17.7 Å². The van der Waals surface area contributed by atoms with Crippen molar-refractivity contribution in [3.05, 3.63) is 12.2 Å². The van der Waals surface area contributed by atoms with Gasteiger partial charge in [0, 0.05) is 12.3 Å². The van der Waals surface area contributed by atoms with E-state index in [1.165, 1.54) is 26.4 Å².